The number of nitrogens with one attached hydrogen (secondary N) is 2. The molecule has 2 fully saturated rings. The number of hydrogen-bond acceptors (Lipinski definition) is 3. The maximum atomic E-state index is 12.3. The van der Waals surface area contributed by atoms with Gasteiger partial charge in [0.15, 0.2) is 0 Å². The largest absolute Gasteiger partial charge is 0.356 e. The SMILES string of the molecule is Cc1ccc(N2CC(C(=O)NCCC3CCNC3)CC2=O)cc1.Cl. The van der Waals surface area contributed by atoms with Crippen LogP contribution < -0.4 is 15.5 Å². The second-order valence-electron chi connectivity index (χ2n) is 6.68. The summed E-state index contributed by atoms with van der Waals surface area (Å²) >= 11 is 0. The molecule has 0 aromatic heterocycles. The van der Waals surface area contributed by atoms with E-state index in [4.69, 9.17) is 0 Å². The molecule has 0 radical (unpaired) electrons. The van der Waals surface area contributed by atoms with E-state index < -0.39 is 0 Å². The van der Waals surface area contributed by atoms with Crippen molar-refractivity contribution >= 4 is 29.9 Å². The molecule has 0 bridgehead atoms. The maximum absolute atomic E-state index is 12.3. The zero-order valence-corrected chi connectivity index (χ0v) is 14.9. The van der Waals surface area contributed by atoms with Gasteiger partial charge in [0.25, 0.3) is 0 Å². The molecule has 5 nitrogen and oxygen atoms in total. The molecule has 3 rings (SSSR count). The van der Waals surface area contributed by atoms with Gasteiger partial charge in [0.05, 0.1) is 5.92 Å². The predicted octanol–water partition coefficient (Wildman–Crippen LogP) is 1.89. The van der Waals surface area contributed by atoms with Gasteiger partial charge in [0.2, 0.25) is 11.8 Å². The molecule has 6 heteroatoms. The quantitative estimate of drug-likeness (QED) is 0.851. The summed E-state index contributed by atoms with van der Waals surface area (Å²) in [4.78, 5) is 26.2. The summed E-state index contributed by atoms with van der Waals surface area (Å²) in [6.07, 6.45) is 2.52. The molecular formula is C18H26ClN3O2. The van der Waals surface area contributed by atoms with Crippen LogP contribution in [-0.2, 0) is 9.59 Å². The maximum Gasteiger partial charge on any atom is 0.227 e. The average Bonchev–Trinajstić information content (AvgIpc) is 3.18. The third-order valence-corrected chi connectivity index (χ3v) is 4.86. The van der Waals surface area contributed by atoms with Crippen LogP contribution in [0.4, 0.5) is 5.69 Å². The van der Waals surface area contributed by atoms with Crippen LogP contribution in [0.5, 0.6) is 0 Å². The molecule has 2 unspecified atom stereocenters. The lowest BCUT2D eigenvalue weighted by Gasteiger charge is -2.17. The number of rotatable bonds is 5. The highest BCUT2D eigenvalue weighted by Crippen LogP contribution is 2.25. The van der Waals surface area contributed by atoms with Gasteiger partial charge in [0.1, 0.15) is 0 Å². The normalized spacial score (nSPS) is 23.2. The average molecular weight is 352 g/mol. The van der Waals surface area contributed by atoms with Crippen LogP contribution in [0.1, 0.15) is 24.8 Å². The predicted molar refractivity (Wildman–Crippen MR) is 97.5 cm³/mol. The van der Waals surface area contributed by atoms with E-state index >= 15 is 0 Å². The first kappa shape index (κ1) is 18.7. The molecule has 1 aromatic carbocycles. The van der Waals surface area contributed by atoms with Crippen LogP contribution >= 0.6 is 12.4 Å². The first-order chi connectivity index (χ1) is 11.1. The Balaban J connectivity index is 0.00000208. The number of carbonyl (C=O) groups excluding carboxylic acids is 2. The van der Waals surface area contributed by atoms with Crippen LogP contribution in [0, 0.1) is 18.8 Å². The van der Waals surface area contributed by atoms with Crippen molar-refractivity contribution in [2.24, 2.45) is 11.8 Å². The van der Waals surface area contributed by atoms with Gasteiger partial charge in [0, 0.05) is 25.2 Å². The fourth-order valence-corrected chi connectivity index (χ4v) is 3.36. The lowest BCUT2D eigenvalue weighted by molar-refractivity contribution is -0.126. The number of nitrogens with zero attached hydrogens (tertiary/aromatic N) is 1. The lowest BCUT2D eigenvalue weighted by atomic mass is 10.0. The lowest BCUT2D eigenvalue weighted by Crippen LogP contribution is -2.34. The second-order valence-corrected chi connectivity index (χ2v) is 6.68. The zero-order valence-electron chi connectivity index (χ0n) is 14.1. The number of aryl methyl sites for hydroxylation is 1. The van der Waals surface area contributed by atoms with E-state index in [9.17, 15) is 9.59 Å². The monoisotopic (exact) mass is 351 g/mol. The minimum Gasteiger partial charge on any atom is -0.356 e. The minimum atomic E-state index is -0.231. The Morgan fingerprint density at radius 2 is 2.08 bits per heavy atom. The van der Waals surface area contributed by atoms with Crippen molar-refractivity contribution in [1.29, 1.82) is 0 Å². The van der Waals surface area contributed by atoms with Crippen molar-refractivity contribution in [3.05, 3.63) is 29.8 Å². The Kier molecular flexibility index (Phi) is 6.63. The standard InChI is InChI=1S/C18H25N3O2.ClH/c1-13-2-4-16(5-3-13)21-12-15(10-17(21)22)18(23)20-9-7-14-6-8-19-11-14;/h2-5,14-15,19H,6-12H2,1H3,(H,20,23);1H. The van der Waals surface area contributed by atoms with Crippen molar-refractivity contribution in [2.75, 3.05) is 31.1 Å². The molecule has 1 aromatic rings. The van der Waals surface area contributed by atoms with Gasteiger partial charge in [-0.3, -0.25) is 9.59 Å². The Labute approximate surface area is 149 Å². The van der Waals surface area contributed by atoms with Crippen molar-refractivity contribution < 1.29 is 9.59 Å². The first-order valence-electron chi connectivity index (χ1n) is 8.49. The summed E-state index contributed by atoms with van der Waals surface area (Å²) in [5.41, 5.74) is 2.05. The Morgan fingerprint density at radius 1 is 1.33 bits per heavy atom. The van der Waals surface area contributed by atoms with Crippen molar-refractivity contribution in [1.82, 2.24) is 10.6 Å². The van der Waals surface area contributed by atoms with Crippen LogP contribution in [0.3, 0.4) is 0 Å². The van der Waals surface area contributed by atoms with Crippen LogP contribution in [0.25, 0.3) is 0 Å². The number of anilines is 1. The summed E-state index contributed by atoms with van der Waals surface area (Å²) in [5, 5.41) is 6.34. The number of benzene rings is 1. The number of carbonyl (C=O) groups is 2. The van der Waals surface area contributed by atoms with Crippen LogP contribution in [0.15, 0.2) is 24.3 Å². The molecule has 2 aliphatic rings. The van der Waals surface area contributed by atoms with Gasteiger partial charge in [-0.25, -0.2) is 0 Å². The molecule has 2 atom stereocenters. The van der Waals surface area contributed by atoms with E-state index in [1.54, 1.807) is 4.90 Å². The van der Waals surface area contributed by atoms with Crippen LogP contribution in [-0.4, -0.2) is 38.0 Å². The van der Waals surface area contributed by atoms with Gasteiger partial charge in [-0.1, -0.05) is 17.7 Å². The van der Waals surface area contributed by atoms with E-state index in [1.165, 1.54) is 6.42 Å². The fraction of sp³-hybridized carbons (Fsp3) is 0.556. The Bertz CT molecular complexity index is 570. The summed E-state index contributed by atoms with van der Waals surface area (Å²) in [7, 11) is 0. The van der Waals surface area contributed by atoms with Gasteiger partial charge >= 0.3 is 0 Å². The van der Waals surface area contributed by atoms with E-state index in [-0.39, 0.29) is 30.1 Å². The Hall–Kier alpha value is -1.59. The van der Waals surface area contributed by atoms with Crippen molar-refractivity contribution in [3.63, 3.8) is 0 Å². The Morgan fingerprint density at radius 3 is 2.75 bits per heavy atom. The molecule has 132 valence electrons. The number of hydrogen-bond donors (Lipinski definition) is 2. The van der Waals surface area contributed by atoms with E-state index in [2.05, 4.69) is 10.6 Å². The summed E-state index contributed by atoms with van der Waals surface area (Å²) < 4.78 is 0. The smallest absolute Gasteiger partial charge is 0.227 e. The molecule has 2 aliphatic heterocycles. The second kappa shape index (κ2) is 8.49. The van der Waals surface area contributed by atoms with Gasteiger partial charge in [-0.15, -0.1) is 12.4 Å². The van der Waals surface area contributed by atoms with Gasteiger partial charge < -0.3 is 15.5 Å². The van der Waals surface area contributed by atoms with Crippen LogP contribution in [0.2, 0.25) is 0 Å². The third kappa shape index (κ3) is 4.48. The van der Waals surface area contributed by atoms with Crippen molar-refractivity contribution in [3.8, 4) is 0 Å². The number of amides is 2. The topological polar surface area (TPSA) is 61.4 Å². The zero-order chi connectivity index (χ0) is 16.2. The minimum absolute atomic E-state index is 0. The third-order valence-electron chi connectivity index (χ3n) is 4.86. The van der Waals surface area contributed by atoms with Crippen molar-refractivity contribution in [2.45, 2.75) is 26.2 Å². The molecular weight excluding hydrogens is 326 g/mol. The van der Waals surface area contributed by atoms with Gasteiger partial charge in [-0.2, -0.15) is 0 Å². The molecule has 2 saturated heterocycles. The fourth-order valence-electron chi connectivity index (χ4n) is 3.36. The molecule has 2 amide bonds. The highest BCUT2D eigenvalue weighted by Gasteiger charge is 2.34. The summed E-state index contributed by atoms with van der Waals surface area (Å²) in [5.74, 6) is 0.489. The van der Waals surface area contributed by atoms with Gasteiger partial charge in [-0.05, 0) is 50.9 Å². The number of halogens is 1. The molecule has 2 heterocycles. The highest BCUT2D eigenvalue weighted by atomic mass is 35.5. The first-order valence-corrected chi connectivity index (χ1v) is 8.49. The molecule has 0 spiro atoms. The molecule has 24 heavy (non-hydrogen) atoms. The highest BCUT2D eigenvalue weighted by molar-refractivity contribution is 6.00. The molecule has 2 N–H and O–H groups in total. The van der Waals surface area contributed by atoms with E-state index in [0.717, 1.165) is 30.8 Å². The summed E-state index contributed by atoms with van der Waals surface area (Å²) in [6.45, 7) is 5.35. The van der Waals surface area contributed by atoms with E-state index in [1.807, 2.05) is 31.2 Å². The van der Waals surface area contributed by atoms with E-state index in [0.29, 0.717) is 25.4 Å². The molecule has 0 aliphatic carbocycles. The summed E-state index contributed by atoms with van der Waals surface area (Å²) in [6, 6.07) is 7.87. The molecule has 0 saturated carbocycles.